The van der Waals surface area contributed by atoms with Crippen LogP contribution in [0.1, 0.15) is 37.3 Å². The molecule has 0 unspecified atom stereocenters. The summed E-state index contributed by atoms with van der Waals surface area (Å²) in [6.07, 6.45) is 8.42. The summed E-state index contributed by atoms with van der Waals surface area (Å²) in [4.78, 5) is 7.20. The first-order chi connectivity index (χ1) is 5.86. The Bertz CT molecular complexity index is 222. The molecule has 3 N–H and O–H groups in total. The lowest BCUT2D eigenvalue weighted by Gasteiger charge is -2.24. The van der Waals surface area contributed by atoms with Crippen LogP contribution < -0.4 is 5.73 Å². The molecule has 1 fully saturated rings. The highest BCUT2D eigenvalue weighted by Gasteiger charge is 2.20. The SMILES string of the molecule is NC1CCC(c2cnc[nH]2)CC1. The van der Waals surface area contributed by atoms with Crippen molar-refractivity contribution in [2.45, 2.75) is 37.6 Å². The van der Waals surface area contributed by atoms with E-state index in [-0.39, 0.29) is 0 Å². The van der Waals surface area contributed by atoms with Gasteiger partial charge < -0.3 is 10.7 Å². The van der Waals surface area contributed by atoms with E-state index in [1.807, 2.05) is 6.20 Å². The van der Waals surface area contributed by atoms with E-state index in [0.717, 1.165) is 12.8 Å². The Labute approximate surface area is 72.4 Å². The zero-order valence-electron chi connectivity index (χ0n) is 7.16. The largest absolute Gasteiger partial charge is 0.348 e. The number of imidazole rings is 1. The Hall–Kier alpha value is -0.830. The van der Waals surface area contributed by atoms with Crippen molar-refractivity contribution in [2.24, 2.45) is 5.73 Å². The first-order valence-corrected chi connectivity index (χ1v) is 4.60. The molecule has 0 amide bonds. The van der Waals surface area contributed by atoms with E-state index in [0.29, 0.717) is 12.0 Å². The number of hydrogen-bond acceptors (Lipinski definition) is 2. The summed E-state index contributed by atoms with van der Waals surface area (Å²) in [6, 6.07) is 0.434. The third-order valence-corrected chi connectivity index (χ3v) is 2.73. The number of H-pyrrole nitrogens is 1. The van der Waals surface area contributed by atoms with Crippen LogP contribution in [0, 0.1) is 0 Å². The van der Waals surface area contributed by atoms with Crippen molar-refractivity contribution in [3.05, 3.63) is 18.2 Å². The van der Waals surface area contributed by atoms with E-state index in [1.165, 1.54) is 18.5 Å². The zero-order chi connectivity index (χ0) is 8.39. The van der Waals surface area contributed by atoms with Crippen LogP contribution in [0.4, 0.5) is 0 Å². The molecule has 0 aliphatic heterocycles. The monoisotopic (exact) mass is 165 g/mol. The minimum Gasteiger partial charge on any atom is -0.348 e. The summed E-state index contributed by atoms with van der Waals surface area (Å²) in [5, 5.41) is 0. The van der Waals surface area contributed by atoms with E-state index in [1.54, 1.807) is 6.33 Å². The predicted molar refractivity (Wildman–Crippen MR) is 47.8 cm³/mol. The fourth-order valence-corrected chi connectivity index (χ4v) is 1.92. The van der Waals surface area contributed by atoms with Crippen LogP contribution in [0.3, 0.4) is 0 Å². The Morgan fingerprint density at radius 2 is 2.08 bits per heavy atom. The van der Waals surface area contributed by atoms with Crippen molar-refractivity contribution < 1.29 is 0 Å². The number of hydrogen-bond donors (Lipinski definition) is 2. The summed E-state index contributed by atoms with van der Waals surface area (Å²) in [5.74, 6) is 0.673. The second-order valence-electron chi connectivity index (χ2n) is 3.62. The Balaban J connectivity index is 1.99. The van der Waals surface area contributed by atoms with Gasteiger partial charge in [0.2, 0.25) is 0 Å². The van der Waals surface area contributed by atoms with E-state index in [9.17, 15) is 0 Å². The quantitative estimate of drug-likeness (QED) is 0.660. The van der Waals surface area contributed by atoms with Crippen LogP contribution >= 0.6 is 0 Å². The number of nitrogens with zero attached hydrogens (tertiary/aromatic N) is 1. The molecule has 0 atom stereocenters. The van der Waals surface area contributed by atoms with Gasteiger partial charge in [-0.1, -0.05) is 0 Å². The summed E-state index contributed by atoms with van der Waals surface area (Å²) in [7, 11) is 0. The fraction of sp³-hybridized carbons (Fsp3) is 0.667. The van der Waals surface area contributed by atoms with Gasteiger partial charge in [-0.2, -0.15) is 0 Å². The van der Waals surface area contributed by atoms with Gasteiger partial charge in [0.1, 0.15) is 0 Å². The number of nitrogens with two attached hydrogens (primary N) is 1. The maximum absolute atomic E-state index is 5.82. The van der Waals surface area contributed by atoms with Gasteiger partial charge in [0, 0.05) is 23.9 Å². The molecule has 1 heterocycles. The smallest absolute Gasteiger partial charge is 0.0921 e. The molecule has 66 valence electrons. The second kappa shape index (κ2) is 3.27. The van der Waals surface area contributed by atoms with Crippen LogP contribution in [0.2, 0.25) is 0 Å². The van der Waals surface area contributed by atoms with Crippen LogP contribution in [-0.4, -0.2) is 16.0 Å². The average molecular weight is 165 g/mol. The molecule has 2 rings (SSSR count). The van der Waals surface area contributed by atoms with Crippen molar-refractivity contribution >= 4 is 0 Å². The Morgan fingerprint density at radius 1 is 1.33 bits per heavy atom. The lowest BCUT2D eigenvalue weighted by molar-refractivity contribution is 0.391. The molecule has 0 bridgehead atoms. The maximum atomic E-state index is 5.82. The number of aromatic amines is 1. The summed E-state index contributed by atoms with van der Waals surface area (Å²) < 4.78 is 0. The highest BCUT2D eigenvalue weighted by atomic mass is 14.9. The van der Waals surface area contributed by atoms with Crippen molar-refractivity contribution in [3.8, 4) is 0 Å². The van der Waals surface area contributed by atoms with Gasteiger partial charge in [-0.15, -0.1) is 0 Å². The van der Waals surface area contributed by atoms with E-state index >= 15 is 0 Å². The molecule has 0 spiro atoms. The van der Waals surface area contributed by atoms with Gasteiger partial charge in [0.25, 0.3) is 0 Å². The van der Waals surface area contributed by atoms with Crippen molar-refractivity contribution in [3.63, 3.8) is 0 Å². The van der Waals surface area contributed by atoms with Crippen LogP contribution in [-0.2, 0) is 0 Å². The lowest BCUT2D eigenvalue weighted by Crippen LogP contribution is -2.25. The number of nitrogens with one attached hydrogen (secondary N) is 1. The Morgan fingerprint density at radius 3 is 2.67 bits per heavy atom. The third kappa shape index (κ3) is 1.50. The van der Waals surface area contributed by atoms with Gasteiger partial charge in [-0.05, 0) is 25.7 Å². The highest BCUT2D eigenvalue weighted by Crippen LogP contribution is 2.30. The molecular formula is C9H15N3. The molecule has 1 aromatic rings. The minimum atomic E-state index is 0.434. The molecule has 0 radical (unpaired) electrons. The molecule has 3 heteroatoms. The summed E-state index contributed by atoms with van der Waals surface area (Å²) in [5.41, 5.74) is 7.10. The van der Waals surface area contributed by atoms with Crippen LogP contribution in [0.15, 0.2) is 12.5 Å². The van der Waals surface area contributed by atoms with Gasteiger partial charge in [-0.25, -0.2) is 4.98 Å². The van der Waals surface area contributed by atoms with Crippen molar-refractivity contribution in [1.82, 2.24) is 9.97 Å². The van der Waals surface area contributed by atoms with Gasteiger partial charge in [0.05, 0.1) is 6.33 Å². The maximum Gasteiger partial charge on any atom is 0.0921 e. The van der Waals surface area contributed by atoms with E-state index in [2.05, 4.69) is 9.97 Å². The average Bonchev–Trinajstić information content (AvgIpc) is 2.58. The van der Waals surface area contributed by atoms with Gasteiger partial charge in [-0.3, -0.25) is 0 Å². The number of rotatable bonds is 1. The topological polar surface area (TPSA) is 54.7 Å². The first kappa shape index (κ1) is 7.80. The van der Waals surface area contributed by atoms with Crippen LogP contribution in [0.5, 0.6) is 0 Å². The molecule has 1 saturated carbocycles. The van der Waals surface area contributed by atoms with Crippen LogP contribution in [0.25, 0.3) is 0 Å². The first-order valence-electron chi connectivity index (χ1n) is 4.60. The molecule has 0 aromatic carbocycles. The van der Waals surface area contributed by atoms with Gasteiger partial charge in [0.15, 0.2) is 0 Å². The minimum absolute atomic E-state index is 0.434. The third-order valence-electron chi connectivity index (χ3n) is 2.73. The molecule has 0 saturated heterocycles. The van der Waals surface area contributed by atoms with E-state index in [4.69, 9.17) is 5.73 Å². The standard InChI is InChI=1S/C9H15N3/c10-8-3-1-7(2-4-8)9-5-11-6-12-9/h5-8H,1-4,10H2,(H,11,12). The van der Waals surface area contributed by atoms with Gasteiger partial charge >= 0.3 is 0 Å². The highest BCUT2D eigenvalue weighted by molar-refractivity contribution is 5.04. The Kier molecular flexibility index (Phi) is 2.13. The molecule has 1 aliphatic rings. The molecule has 3 nitrogen and oxygen atoms in total. The molecular weight excluding hydrogens is 150 g/mol. The lowest BCUT2D eigenvalue weighted by atomic mass is 9.85. The molecule has 1 aromatic heterocycles. The predicted octanol–water partition coefficient (Wildman–Crippen LogP) is 1.39. The fourth-order valence-electron chi connectivity index (χ4n) is 1.92. The summed E-state index contributed by atoms with van der Waals surface area (Å²) >= 11 is 0. The normalized spacial score (nSPS) is 30.4. The van der Waals surface area contributed by atoms with Crippen molar-refractivity contribution in [1.29, 1.82) is 0 Å². The molecule has 12 heavy (non-hydrogen) atoms. The van der Waals surface area contributed by atoms with E-state index < -0.39 is 0 Å². The van der Waals surface area contributed by atoms with Crippen molar-refractivity contribution in [2.75, 3.05) is 0 Å². The number of aromatic nitrogens is 2. The zero-order valence-corrected chi connectivity index (χ0v) is 7.16. The molecule has 1 aliphatic carbocycles. The second-order valence-corrected chi connectivity index (χ2v) is 3.62. The summed E-state index contributed by atoms with van der Waals surface area (Å²) in [6.45, 7) is 0.